The number of nitrogens with one attached hydrogen (secondary N) is 1. The van der Waals surface area contributed by atoms with E-state index in [4.69, 9.17) is 9.47 Å². The number of hydrogen-bond acceptors (Lipinski definition) is 6. The maximum Gasteiger partial charge on any atom is 0.226 e. The van der Waals surface area contributed by atoms with Gasteiger partial charge in [0.05, 0.1) is 19.3 Å². The van der Waals surface area contributed by atoms with Crippen molar-refractivity contribution in [3.05, 3.63) is 11.8 Å². The first-order chi connectivity index (χ1) is 8.65. The summed E-state index contributed by atoms with van der Waals surface area (Å²) < 4.78 is 10.3. The molecule has 1 atom stereocenters. The highest BCUT2D eigenvalue weighted by Crippen LogP contribution is 2.12. The molecule has 1 heterocycles. The number of anilines is 1. The molecule has 102 valence electrons. The Morgan fingerprint density at radius 1 is 1.44 bits per heavy atom. The molecule has 1 aromatic rings. The topological polar surface area (TPSA) is 76.5 Å². The minimum atomic E-state index is -0.584. The average molecular weight is 255 g/mol. The second-order valence-corrected chi connectivity index (χ2v) is 4.01. The van der Waals surface area contributed by atoms with E-state index >= 15 is 0 Å². The second kappa shape index (κ2) is 7.84. The Morgan fingerprint density at radius 2 is 2.22 bits per heavy atom. The predicted molar refractivity (Wildman–Crippen MR) is 68.9 cm³/mol. The molecule has 6 nitrogen and oxygen atoms in total. The smallest absolute Gasteiger partial charge is 0.226 e. The minimum absolute atomic E-state index is 0.276. The lowest BCUT2D eigenvalue weighted by atomic mass is 10.4. The van der Waals surface area contributed by atoms with Crippen LogP contribution >= 0.6 is 0 Å². The van der Waals surface area contributed by atoms with Crippen LogP contribution < -0.4 is 10.1 Å². The molecule has 0 amide bonds. The Bertz CT molecular complexity index is 360. The third-order valence-corrected chi connectivity index (χ3v) is 2.14. The van der Waals surface area contributed by atoms with Crippen molar-refractivity contribution >= 4 is 5.95 Å². The average Bonchev–Trinajstić information content (AvgIpc) is 2.34. The molecule has 0 aliphatic heterocycles. The molecule has 0 saturated carbocycles. The third kappa shape index (κ3) is 5.29. The first-order valence-corrected chi connectivity index (χ1v) is 6.05. The van der Waals surface area contributed by atoms with E-state index in [0.717, 1.165) is 12.1 Å². The van der Waals surface area contributed by atoms with Crippen LogP contribution in [0.25, 0.3) is 0 Å². The largest absolute Gasteiger partial charge is 0.478 e. The summed E-state index contributed by atoms with van der Waals surface area (Å²) in [6.07, 6.45) is 0.345. The predicted octanol–water partition coefficient (Wildman–Crippen LogP) is 0.993. The van der Waals surface area contributed by atoms with Crippen LogP contribution in [-0.4, -0.2) is 48.0 Å². The van der Waals surface area contributed by atoms with Crippen molar-refractivity contribution in [2.75, 3.05) is 32.2 Å². The maximum atomic E-state index is 9.52. The fourth-order valence-corrected chi connectivity index (χ4v) is 1.36. The molecule has 1 unspecified atom stereocenters. The van der Waals surface area contributed by atoms with Crippen molar-refractivity contribution in [2.24, 2.45) is 0 Å². The van der Waals surface area contributed by atoms with Crippen LogP contribution in [0.4, 0.5) is 5.95 Å². The van der Waals surface area contributed by atoms with E-state index in [2.05, 4.69) is 15.3 Å². The Morgan fingerprint density at radius 3 is 2.89 bits per heavy atom. The summed E-state index contributed by atoms with van der Waals surface area (Å²) in [6, 6.07) is 1.78. The number of nitrogens with zero attached hydrogens (tertiary/aromatic N) is 2. The Labute approximate surface area is 107 Å². The van der Waals surface area contributed by atoms with Gasteiger partial charge in [0.2, 0.25) is 11.8 Å². The first-order valence-electron chi connectivity index (χ1n) is 6.05. The SMILES string of the molecule is CCCOc1cc(C)nc(NCC(O)COC)n1. The van der Waals surface area contributed by atoms with E-state index in [1.165, 1.54) is 0 Å². The van der Waals surface area contributed by atoms with E-state index in [1.807, 2.05) is 13.8 Å². The quantitative estimate of drug-likeness (QED) is 0.721. The number of aliphatic hydroxyl groups is 1. The highest BCUT2D eigenvalue weighted by Gasteiger charge is 2.06. The van der Waals surface area contributed by atoms with E-state index in [-0.39, 0.29) is 6.61 Å². The Kier molecular flexibility index (Phi) is 6.38. The van der Waals surface area contributed by atoms with Crippen molar-refractivity contribution < 1.29 is 14.6 Å². The summed E-state index contributed by atoms with van der Waals surface area (Å²) in [6.45, 7) is 5.15. The van der Waals surface area contributed by atoms with Crippen LogP contribution in [0.3, 0.4) is 0 Å². The lowest BCUT2D eigenvalue weighted by Gasteiger charge is -2.12. The first kappa shape index (κ1) is 14.7. The van der Waals surface area contributed by atoms with E-state index in [1.54, 1.807) is 13.2 Å². The van der Waals surface area contributed by atoms with E-state index < -0.39 is 6.10 Å². The van der Waals surface area contributed by atoms with Crippen molar-refractivity contribution in [1.29, 1.82) is 0 Å². The summed E-state index contributed by atoms with van der Waals surface area (Å²) in [5.41, 5.74) is 0.819. The van der Waals surface area contributed by atoms with Crippen LogP contribution in [0.1, 0.15) is 19.0 Å². The molecule has 0 spiro atoms. The van der Waals surface area contributed by atoms with Crippen LogP contribution in [0, 0.1) is 6.92 Å². The summed E-state index contributed by atoms with van der Waals surface area (Å²) in [4.78, 5) is 8.43. The van der Waals surface area contributed by atoms with Crippen molar-refractivity contribution in [3.63, 3.8) is 0 Å². The highest BCUT2D eigenvalue weighted by molar-refractivity contribution is 5.30. The number of methoxy groups -OCH3 is 1. The number of aromatic nitrogens is 2. The molecule has 0 radical (unpaired) electrons. The van der Waals surface area contributed by atoms with Crippen LogP contribution in [0.15, 0.2) is 6.07 Å². The molecule has 1 aromatic heterocycles. The van der Waals surface area contributed by atoms with Gasteiger partial charge in [-0.1, -0.05) is 6.92 Å². The van der Waals surface area contributed by atoms with Gasteiger partial charge in [0.15, 0.2) is 0 Å². The standard InChI is InChI=1S/C12H21N3O3/c1-4-5-18-11-6-9(2)14-12(15-11)13-7-10(16)8-17-3/h6,10,16H,4-5,7-8H2,1-3H3,(H,13,14,15). The molecule has 0 aliphatic carbocycles. The molecule has 2 N–H and O–H groups in total. The molecule has 6 heteroatoms. The molecule has 1 rings (SSSR count). The highest BCUT2D eigenvalue weighted by atomic mass is 16.5. The van der Waals surface area contributed by atoms with Gasteiger partial charge in [-0.25, -0.2) is 4.98 Å². The van der Waals surface area contributed by atoms with Gasteiger partial charge in [-0.15, -0.1) is 0 Å². The fourth-order valence-electron chi connectivity index (χ4n) is 1.36. The van der Waals surface area contributed by atoms with Gasteiger partial charge in [-0.2, -0.15) is 4.98 Å². The molecule has 0 bridgehead atoms. The number of hydrogen-bond donors (Lipinski definition) is 2. The lowest BCUT2D eigenvalue weighted by molar-refractivity contribution is 0.0726. The maximum absolute atomic E-state index is 9.52. The van der Waals surface area contributed by atoms with Crippen molar-refractivity contribution in [2.45, 2.75) is 26.4 Å². The summed E-state index contributed by atoms with van der Waals surface area (Å²) >= 11 is 0. The van der Waals surface area contributed by atoms with Gasteiger partial charge >= 0.3 is 0 Å². The summed E-state index contributed by atoms with van der Waals surface area (Å²) in [5.74, 6) is 1.00. The van der Waals surface area contributed by atoms with Crippen molar-refractivity contribution in [3.8, 4) is 5.88 Å². The van der Waals surface area contributed by atoms with Gasteiger partial charge in [0.1, 0.15) is 0 Å². The monoisotopic (exact) mass is 255 g/mol. The van der Waals surface area contributed by atoms with Gasteiger partial charge < -0.3 is 19.9 Å². The number of aliphatic hydroxyl groups excluding tert-OH is 1. The fraction of sp³-hybridized carbons (Fsp3) is 0.667. The Hall–Kier alpha value is -1.40. The van der Waals surface area contributed by atoms with Gasteiger partial charge in [0.25, 0.3) is 0 Å². The van der Waals surface area contributed by atoms with Crippen molar-refractivity contribution in [1.82, 2.24) is 9.97 Å². The second-order valence-electron chi connectivity index (χ2n) is 4.01. The van der Waals surface area contributed by atoms with E-state index in [9.17, 15) is 5.11 Å². The molecule has 0 aromatic carbocycles. The van der Waals surface area contributed by atoms with Gasteiger partial charge in [-0.05, 0) is 13.3 Å². The molecule has 0 saturated heterocycles. The van der Waals surface area contributed by atoms with Gasteiger partial charge in [0, 0.05) is 25.4 Å². The minimum Gasteiger partial charge on any atom is -0.478 e. The van der Waals surface area contributed by atoms with Crippen LogP contribution in [0.2, 0.25) is 0 Å². The Balaban J connectivity index is 2.56. The lowest BCUT2D eigenvalue weighted by Crippen LogP contribution is -2.25. The molecule has 0 aliphatic rings. The van der Waals surface area contributed by atoms with E-state index in [0.29, 0.717) is 25.0 Å². The summed E-state index contributed by atoms with van der Waals surface area (Å²) in [5, 5.41) is 12.5. The number of ether oxygens (including phenoxy) is 2. The molecular formula is C12H21N3O3. The van der Waals surface area contributed by atoms with Crippen LogP contribution in [0.5, 0.6) is 5.88 Å². The number of rotatable bonds is 8. The summed E-state index contributed by atoms with van der Waals surface area (Å²) in [7, 11) is 1.54. The third-order valence-electron chi connectivity index (χ3n) is 2.14. The molecule has 0 fully saturated rings. The zero-order valence-electron chi connectivity index (χ0n) is 11.1. The zero-order valence-corrected chi connectivity index (χ0v) is 11.1. The zero-order chi connectivity index (χ0) is 13.4. The van der Waals surface area contributed by atoms with Crippen LogP contribution in [-0.2, 0) is 4.74 Å². The molecule has 18 heavy (non-hydrogen) atoms. The molecular weight excluding hydrogens is 234 g/mol. The van der Waals surface area contributed by atoms with Gasteiger partial charge in [-0.3, -0.25) is 0 Å². The normalized spacial score (nSPS) is 12.2. The number of aryl methyl sites for hydroxylation is 1.